The van der Waals surface area contributed by atoms with Gasteiger partial charge >= 0.3 is 5.97 Å². The van der Waals surface area contributed by atoms with Crippen LogP contribution in [0.1, 0.15) is 12.0 Å². The van der Waals surface area contributed by atoms with Crippen molar-refractivity contribution in [1.29, 1.82) is 0 Å². The lowest BCUT2D eigenvalue weighted by Gasteiger charge is -2.01. The number of amides is 1. The second kappa shape index (κ2) is 5.70. The highest BCUT2D eigenvalue weighted by molar-refractivity contribution is 5.98. The first-order valence-electron chi connectivity index (χ1n) is 4.83. The second-order valence-corrected chi connectivity index (χ2v) is 3.24. The molecule has 0 saturated carbocycles. The Labute approximate surface area is 93.6 Å². The van der Waals surface area contributed by atoms with Crippen LogP contribution in [0.3, 0.4) is 0 Å². The monoisotopic (exact) mass is 219 g/mol. The predicted molar refractivity (Wildman–Crippen MR) is 60.7 cm³/mol. The van der Waals surface area contributed by atoms with Gasteiger partial charge in [0.25, 0.3) is 0 Å². The number of hydrogen-bond donors (Lipinski definition) is 2. The Hall–Kier alpha value is -2.10. The van der Waals surface area contributed by atoms with E-state index in [0.717, 1.165) is 5.56 Å². The molecule has 0 unspecified atom stereocenters. The lowest BCUT2D eigenvalue weighted by atomic mass is 10.1. The summed E-state index contributed by atoms with van der Waals surface area (Å²) in [5.41, 5.74) is 0.842. The molecular formula is C12H13NO3. The van der Waals surface area contributed by atoms with Gasteiger partial charge in [-0.25, -0.2) is 4.79 Å². The number of carboxylic acid groups (broad SMARTS) is 1. The van der Waals surface area contributed by atoms with E-state index in [1.165, 1.54) is 13.1 Å². The number of carboxylic acids is 1. The zero-order chi connectivity index (χ0) is 12.0. The zero-order valence-corrected chi connectivity index (χ0v) is 8.93. The van der Waals surface area contributed by atoms with Crippen LogP contribution in [0.25, 0.3) is 6.08 Å². The maximum absolute atomic E-state index is 11.1. The fourth-order valence-electron chi connectivity index (χ4n) is 1.20. The summed E-state index contributed by atoms with van der Waals surface area (Å²) in [7, 11) is 1.48. The summed E-state index contributed by atoms with van der Waals surface area (Å²) in [5.74, 6) is -1.39. The minimum atomic E-state index is -1.08. The van der Waals surface area contributed by atoms with Gasteiger partial charge in [0.05, 0.1) is 6.42 Å². The van der Waals surface area contributed by atoms with Gasteiger partial charge in [0.2, 0.25) is 5.91 Å². The van der Waals surface area contributed by atoms with E-state index < -0.39 is 5.97 Å². The van der Waals surface area contributed by atoms with Crippen LogP contribution in [-0.2, 0) is 9.59 Å². The van der Waals surface area contributed by atoms with E-state index in [2.05, 4.69) is 5.32 Å². The number of aliphatic carboxylic acids is 1. The van der Waals surface area contributed by atoms with Crippen molar-refractivity contribution in [2.45, 2.75) is 6.42 Å². The van der Waals surface area contributed by atoms with E-state index in [1.54, 1.807) is 12.1 Å². The topological polar surface area (TPSA) is 66.4 Å². The molecule has 1 aromatic rings. The molecule has 0 aliphatic rings. The summed E-state index contributed by atoms with van der Waals surface area (Å²) in [6.07, 6.45) is 1.37. The molecule has 0 saturated heterocycles. The first-order valence-corrected chi connectivity index (χ1v) is 4.83. The fraction of sp³-hybridized carbons (Fsp3) is 0.167. The Bertz CT molecular complexity index is 410. The molecule has 0 bridgehead atoms. The van der Waals surface area contributed by atoms with Crippen molar-refractivity contribution in [3.05, 3.63) is 41.5 Å². The lowest BCUT2D eigenvalue weighted by molar-refractivity contribution is -0.134. The van der Waals surface area contributed by atoms with Crippen LogP contribution in [0.5, 0.6) is 0 Å². The molecule has 0 radical (unpaired) electrons. The fourth-order valence-corrected chi connectivity index (χ4v) is 1.20. The van der Waals surface area contributed by atoms with Crippen molar-refractivity contribution in [3.63, 3.8) is 0 Å². The van der Waals surface area contributed by atoms with E-state index in [0.29, 0.717) is 0 Å². The Kier molecular flexibility index (Phi) is 4.27. The maximum atomic E-state index is 11.1. The Morgan fingerprint density at radius 3 is 2.44 bits per heavy atom. The first kappa shape index (κ1) is 12.0. The Balaban J connectivity index is 2.90. The molecule has 0 aliphatic heterocycles. The maximum Gasteiger partial charge on any atom is 0.332 e. The molecule has 0 aromatic heterocycles. The third-order valence-electron chi connectivity index (χ3n) is 2.05. The van der Waals surface area contributed by atoms with E-state index >= 15 is 0 Å². The molecule has 84 valence electrons. The molecule has 4 nitrogen and oxygen atoms in total. The number of nitrogens with one attached hydrogen (secondary N) is 1. The second-order valence-electron chi connectivity index (χ2n) is 3.24. The van der Waals surface area contributed by atoms with Gasteiger partial charge in [-0.1, -0.05) is 30.3 Å². The Morgan fingerprint density at radius 2 is 1.94 bits per heavy atom. The average Bonchev–Trinajstić information content (AvgIpc) is 2.29. The van der Waals surface area contributed by atoms with Crippen LogP contribution in [0.4, 0.5) is 0 Å². The van der Waals surface area contributed by atoms with Crippen LogP contribution < -0.4 is 5.32 Å². The molecular weight excluding hydrogens is 206 g/mol. The van der Waals surface area contributed by atoms with E-state index in [9.17, 15) is 9.59 Å². The van der Waals surface area contributed by atoms with Crippen molar-refractivity contribution >= 4 is 18.0 Å². The van der Waals surface area contributed by atoms with Gasteiger partial charge in [0.15, 0.2) is 0 Å². The summed E-state index contributed by atoms with van der Waals surface area (Å²) >= 11 is 0. The molecule has 0 aliphatic carbocycles. The number of rotatable bonds is 4. The third kappa shape index (κ3) is 3.57. The van der Waals surface area contributed by atoms with Crippen LogP contribution in [-0.4, -0.2) is 24.0 Å². The van der Waals surface area contributed by atoms with Crippen LogP contribution >= 0.6 is 0 Å². The first-order chi connectivity index (χ1) is 7.63. The normalized spacial score (nSPS) is 10.9. The summed E-state index contributed by atoms with van der Waals surface area (Å²) in [5, 5.41) is 11.3. The largest absolute Gasteiger partial charge is 0.478 e. The van der Waals surface area contributed by atoms with Gasteiger partial charge in [0.1, 0.15) is 0 Å². The Morgan fingerprint density at radius 1 is 1.31 bits per heavy atom. The molecule has 1 aromatic carbocycles. The van der Waals surface area contributed by atoms with E-state index in [-0.39, 0.29) is 17.9 Å². The quantitative estimate of drug-likeness (QED) is 0.750. The molecule has 0 heterocycles. The van der Waals surface area contributed by atoms with Gasteiger partial charge in [-0.3, -0.25) is 4.79 Å². The number of benzene rings is 1. The van der Waals surface area contributed by atoms with Crippen molar-refractivity contribution in [2.75, 3.05) is 7.05 Å². The SMILES string of the molecule is CNC(=O)CC(=Cc1ccccc1)C(=O)O. The average molecular weight is 219 g/mol. The summed E-state index contributed by atoms with van der Waals surface area (Å²) in [6.45, 7) is 0. The van der Waals surface area contributed by atoms with Gasteiger partial charge in [-0.2, -0.15) is 0 Å². The molecule has 4 heteroatoms. The molecule has 16 heavy (non-hydrogen) atoms. The highest BCUT2D eigenvalue weighted by atomic mass is 16.4. The number of carbonyl (C=O) groups is 2. The zero-order valence-electron chi connectivity index (χ0n) is 8.93. The van der Waals surface area contributed by atoms with Gasteiger partial charge < -0.3 is 10.4 Å². The van der Waals surface area contributed by atoms with E-state index in [1.807, 2.05) is 18.2 Å². The molecule has 0 spiro atoms. The summed E-state index contributed by atoms with van der Waals surface area (Å²) < 4.78 is 0. The minimum Gasteiger partial charge on any atom is -0.478 e. The highest BCUT2D eigenvalue weighted by Crippen LogP contribution is 2.09. The molecule has 0 fully saturated rings. The van der Waals surface area contributed by atoms with Crippen LogP contribution in [0.15, 0.2) is 35.9 Å². The van der Waals surface area contributed by atoms with E-state index in [4.69, 9.17) is 5.11 Å². The molecule has 1 amide bonds. The smallest absolute Gasteiger partial charge is 0.332 e. The highest BCUT2D eigenvalue weighted by Gasteiger charge is 2.11. The molecule has 0 atom stereocenters. The van der Waals surface area contributed by atoms with Gasteiger partial charge in [-0.05, 0) is 11.6 Å². The number of hydrogen-bond acceptors (Lipinski definition) is 2. The lowest BCUT2D eigenvalue weighted by Crippen LogP contribution is -2.20. The molecule has 2 N–H and O–H groups in total. The van der Waals surface area contributed by atoms with Crippen LogP contribution in [0.2, 0.25) is 0 Å². The summed E-state index contributed by atoms with van der Waals surface area (Å²) in [6, 6.07) is 9.03. The van der Waals surface area contributed by atoms with Crippen molar-refractivity contribution < 1.29 is 14.7 Å². The minimum absolute atomic E-state index is 0.0746. The van der Waals surface area contributed by atoms with Crippen molar-refractivity contribution in [3.8, 4) is 0 Å². The van der Waals surface area contributed by atoms with Crippen molar-refractivity contribution in [1.82, 2.24) is 5.32 Å². The van der Waals surface area contributed by atoms with Gasteiger partial charge in [-0.15, -0.1) is 0 Å². The predicted octanol–water partition coefficient (Wildman–Crippen LogP) is 1.29. The van der Waals surface area contributed by atoms with Gasteiger partial charge in [0, 0.05) is 12.6 Å². The third-order valence-corrected chi connectivity index (χ3v) is 2.05. The summed E-state index contributed by atoms with van der Waals surface area (Å²) in [4.78, 5) is 22.0. The standard InChI is InChI=1S/C12H13NO3/c1-13-11(14)8-10(12(15)16)7-9-5-3-2-4-6-9/h2-7H,8H2,1H3,(H,13,14)(H,15,16). The van der Waals surface area contributed by atoms with Crippen LogP contribution in [0, 0.1) is 0 Å². The van der Waals surface area contributed by atoms with Crippen molar-refractivity contribution in [2.24, 2.45) is 0 Å². The number of carbonyl (C=O) groups excluding carboxylic acids is 1. The molecule has 1 rings (SSSR count).